The first-order valence-electron chi connectivity index (χ1n) is 5.43. The zero-order chi connectivity index (χ0) is 13.8. The molecule has 0 spiro atoms. The molecule has 0 saturated heterocycles. The molecule has 0 aliphatic carbocycles. The molecule has 2 amide bonds. The number of imidazole rings is 1. The Morgan fingerprint density at radius 3 is 2.74 bits per heavy atom. The molecular formula is C12H11ClN4O2. The molecule has 0 unspecified atom stereocenters. The van der Waals surface area contributed by atoms with E-state index in [1.54, 1.807) is 30.5 Å². The second kappa shape index (κ2) is 5.53. The van der Waals surface area contributed by atoms with E-state index in [2.05, 4.69) is 10.3 Å². The topological polar surface area (TPSA) is 90.0 Å². The number of halogens is 1. The van der Waals surface area contributed by atoms with E-state index >= 15 is 0 Å². The Labute approximate surface area is 114 Å². The van der Waals surface area contributed by atoms with Crippen molar-refractivity contribution in [3.63, 3.8) is 0 Å². The van der Waals surface area contributed by atoms with Crippen LogP contribution in [0.25, 0.3) is 0 Å². The van der Waals surface area contributed by atoms with Crippen LogP contribution in [0.15, 0.2) is 36.7 Å². The summed E-state index contributed by atoms with van der Waals surface area (Å²) in [4.78, 5) is 27.3. The van der Waals surface area contributed by atoms with Gasteiger partial charge in [0.25, 0.3) is 5.91 Å². The van der Waals surface area contributed by atoms with Crippen LogP contribution in [0.3, 0.4) is 0 Å². The SMILES string of the molecule is Nc1ccccc1C(=O)NC(=O)Cn1ccnc1Cl. The predicted octanol–water partition coefficient (Wildman–Crippen LogP) is 1.08. The summed E-state index contributed by atoms with van der Waals surface area (Å²) in [6.45, 7) is -0.0860. The average Bonchev–Trinajstić information content (AvgIpc) is 2.75. The van der Waals surface area contributed by atoms with Gasteiger partial charge in [-0.3, -0.25) is 14.9 Å². The second-order valence-electron chi connectivity index (χ2n) is 3.79. The van der Waals surface area contributed by atoms with Crippen LogP contribution in [0.5, 0.6) is 0 Å². The molecule has 0 atom stereocenters. The Bertz CT molecular complexity index is 624. The molecule has 2 rings (SSSR count). The predicted molar refractivity (Wildman–Crippen MR) is 70.6 cm³/mol. The smallest absolute Gasteiger partial charge is 0.259 e. The first-order valence-corrected chi connectivity index (χ1v) is 5.81. The summed E-state index contributed by atoms with van der Waals surface area (Å²) in [5, 5.41) is 2.42. The molecule has 0 aliphatic heterocycles. The lowest BCUT2D eigenvalue weighted by atomic mass is 10.1. The fourth-order valence-corrected chi connectivity index (χ4v) is 1.69. The molecule has 19 heavy (non-hydrogen) atoms. The van der Waals surface area contributed by atoms with Gasteiger partial charge in [-0.15, -0.1) is 0 Å². The number of carbonyl (C=O) groups excluding carboxylic acids is 2. The molecule has 0 saturated carbocycles. The summed E-state index contributed by atoms with van der Waals surface area (Å²) in [5.74, 6) is -1.03. The van der Waals surface area contributed by atoms with E-state index in [1.165, 1.54) is 10.8 Å². The number of amides is 2. The second-order valence-corrected chi connectivity index (χ2v) is 4.13. The average molecular weight is 279 g/mol. The van der Waals surface area contributed by atoms with Crippen LogP contribution in [-0.4, -0.2) is 21.4 Å². The zero-order valence-corrected chi connectivity index (χ0v) is 10.6. The van der Waals surface area contributed by atoms with Gasteiger partial charge in [0, 0.05) is 18.1 Å². The summed E-state index contributed by atoms with van der Waals surface area (Å²) in [6.07, 6.45) is 3.01. The fraction of sp³-hybridized carbons (Fsp3) is 0.0833. The lowest BCUT2D eigenvalue weighted by Crippen LogP contribution is -2.33. The van der Waals surface area contributed by atoms with E-state index in [4.69, 9.17) is 17.3 Å². The van der Waals surface area contributed by atoms with Crippen LogP contribution in [-0.2, 0) is 11.3 Å². The maximum absolute atomic E-state index is 11.8. The normalized spacial score (nSPS) is 10.2. The van der Waals surface area contributed by atoms with Crippen LogP contribution in [0.1, 0.15) is 10.4 Å². The Morgan fingerprint density at radius 2 is 2.11 bits per heavy atom. The van der Waals surface area contributed by atoms with Gasteiger partial charge in [-0.05, 0) is 23.7 Å². The number of rotatable bonds is 3. The third-order valence-corrected chi connectivity index (χ3v) is 2.75. The summed E-state index contributed by atoms with van der Waals surface area (Å²) in [5.41, 5.74) is 6.22. The molecule has 6 nitrogen and oxygen atoms in total. The highest BCUT2D eigenvalue weighted by atomic mass is 35.5. The number of carbonyl (C=O) groups is 2. The minimum Gasteiger partial charge on any atom is -0.398 e. The zero-order valence-electron chi connectivity index (χ0n) is 9.84. The number of aromatic nitrogens is 2. The van der Waals surface area contributed by atoms with E-state index in [0.717, 1.165) is 0 Å². The molecule has 7 heteroatoms. The highest BCUT2D eigenvalue weighted by molar-refractivity contribution is 6.28. The number of anilines is 1. The van der Waals surface area contributed by atoms with Gasteiger partial charge in [-0.25, -0.2) is 4.98 Å². The maximum atomic E-state index is 11.8. The van der Waals surface area contributed by atoms with Crippen molar-refractivity contribution < 1.29 is 9.59 Å². The molecule has 0 radical (unpaired) electrons. The number of nitrogens with one attached hydrogen (secondary N) is 1. The number of nitrogens with zero attached hydrogens (tertiary/aromatic N) is 2. The van der Waals surface area contributed by atoms with Gasteiger partial charge < -0.3 is 10.3 Å². The molecule has 0 fully saturated rings. The van der Waals surface area contributed by atoms with Crippen molar-refractivity contribution in [2.24, 2.45) is 0 Å². The fourth-order valence-electron chi connectivity index (χ4n) is 1.52. The number of hydrogen-bond acceptors (Lipinski definition) is 4. The van der Waals surface area contributed by atoms with Gasteiger partial charge in [-0.1, -0.05) is 12.1 Å². The summed E-state index contributed by atoms with van der Waals surface area (Å²) in [7, 11) is 0. The van der Waals surface area contributed by atoms with Crippen LogP contribution < -0.4 is 11.1 Å². The van der Waals surface area contributed by atoms with Crippen LogP contribution in [0.4, 0.5) is 5.69 Å². The van der Waals surface area contributed by atoms with Crippen LogP contribution in [0, 0.1) is 0 Å². The van der Waals surface area contributed by atoms with Gasteiger partial charge in [0.15, 0.2) is 0 Å². The third-order valence-electron chi connectivity index (χ3n) is 2.44. The van der Waals surface area contributed by atoms with Crippen molar-refractivity contribution in [3.8, 4) is 0 Å². The van der Waals surface area contributed by atoms with E-state index < -0.39 is 11.8 Å². The summed E-state index contributed by atoms with van der Waals surface area (Å²) >= 11 is 5.73. The molecule has 1 aromatic carbocycles. The minimum atomic E-state index is -0.542. The number of hydrogen-bond donors (Lipinski definition) is 2. The molecule has 3 N–H and O–H groups in total. The molecule has 0 bridgehead atoms. The lowest BCUT2D eigenvalue weighted by molar-refractivity contribution is -0.120. The van der Waals surface area contributed by atoms with Gasteiger partial charge in [-0.2, -0.15) is 0 Å². The van der Waals surface area contributed by atoms with E-state index in [-0.39, 0.29) is 17.4 Å². The van der Waals surface area contributed by atoms with Crippen LogP contribution in [0.2, 0.25) is 5.28 Å². The Balaban J connectivity index is 2.02. The third kappa shape index (κ3) is 3.11. The largest absolute Gasteiger partial charge is 0.398 e. The van der Waals surface area contributed by atoms with E-state index in [1.807, 2.05) is 0 Å². The van der Waals surface area contributed by atoms with Gasteiger partial charge in [0.2, 0.25) is 11.2 Å². The number of nitrogens with two attached hydrogens (primary N) is 1. The lowest BCUT2D eigenvalue weighted by Gasteiger charge is -2.07. The monoisotopic (exact) mass is 278 g/mol. The first kappa shape index (κ1) is 13.1. The molecule has 1 heterocycles. The van der Waals surface area contributed by atoms with Crippen molar-refractivity contribution in [2.45, 2.75) is 6.54 Å². The molecule has 1 aromatic heterocycles. The maximum Gasteiger partial charge on any atom is 0.259 e. The number of imide groups is 1. The van der Waals surface area contributed by atoms with Crippen LogP contribution >= 0.6 is 11.6 Å². The summed E-state index contributed by atoms with van der Waals surface area (Å²) in [6, 6.07) is 6.51. The number of nitrogen functional groups attached to an aromatic ring is 1. The first-order chi connectivity index (χ1) is 9.08. The highest BCUT2D eigenvalue weighted by Crippen LogP contribution is 2.10. The number of para-hydroxylation sites is 1. The number of benzene rings is 1. The Morgan fingerprint density at radius 1 is 1.37 bits per heavy atom. The van der Waals surface area contributed by atoms with Crippen molar-refractivity contribution in [3.05, 3.63) is 47.5 Å². The van der Waals surface area contributed by atoms with Crippen molar-refractivity contribution in [1.29, 1.82) is 0 Å². The summed E-state index contributed by atoms with van der Waals surface area (Å²) < 4.78 is 1.42. The van der Waals surface area contributed by atoms with Crippen molar-refractivity contribution >= 4 is 29.1 Å². The quantitative estimate of drug-likeness (QED) is 0.822. The van der Waals surface area contributed by atoms with E-state index in [9.17, 15) is 9.59 Å². The molecule has 0 aliphatic rings. The standard InChI is InChI=1S/C12H11ClN4O2/c13-12-15-5-6-17(12)7-10(18)16-11(19)8-3-1-2-4-9(8)14/h1-6H,7,14H2,(H,16,18,19). The highest BCUT2D eigenvalue weighted by Gasteiger charge is 2.13. The minimum absolute atomic E-state index is 0.0860. The Hall–Kier alpha value is -2.34. The van der Waals surface area contributed by atoms with Gasteiger partial charge in [0.1, 0.15) is 6.54 Å². The van der Waals surface area contributed by atoms with Gasteiger partial charge >= 0.3 is 0 Å². The molecule has 2 aromatic rings. The Kier molecular flexibility index (Phi) is 3.82. The van der Waals surface area contributed by atoms with Crippen molar-refractivity contribution in [1.82, 2.24) is 14.9 Å². The van der Waals surface area contributed by atoms with Crippen molar-refractivity contribution in [2.75, 3.05) is 5.73 Å². The molecular weight excluding hydrogens is 268 g/mol. The van der Waals surface area contributed by atoms with Gasteiger partial charge in [0.05, 0.1) is 5.56 Å². The molecule has 98 valence electrons. The van der Waals surface area contributed by atoms with E-state index in [0.29, 0.717) is 5.69 Å².